The van der Waals surface area contributed by atoms with E-state index in [0.29, 0.717) is 0 Å². The first-order valence-corrected chi connectivity index (χ1v) is 5.60. The minimum absolute atomic E-state index is 0.827. The molecule has 1 aliphatic heterocycles. The van der Waals surface area contributed by atoms with Crippen molar-refractivity contribution in [3.05, 3.63) is 24.0 Å². The summed E-state index contributed by atoms with van der Waals surface area (Å²) in [6.45, 7) is 9.68. The van der Waals surface area contributed by atoms with Crippen LogP contribution in [0.15, 0.2) is 18.5 Å². The second kappa shape index (κ2) is 6.40. The normalized spacial score (nSPS) is 15.5. The van der Waals surface area contributed by atoms with E-state index >= 15 is 0 Å². The molecule has 2 heterocycles. The highest BCUT2D eigenvalue weighted by molar-refractivity contribution is 5.46. The lowest BCUT2D eigenvalue weighted by Gasteiger charge is -2.28. The van der Waals surface area contributed by atoms with E-state index in [1.165, 1.54) is 11.3 Å². The Bertz CT molecular complexity index is 283. The van der Waals surface area contributed by atoms with Crippen LogP contribution in [0.5, 0.6) is 0 Å². The number of aromatic nitrogens is 1. The topological polar surface area (TPSA) is 25.4 Å². The van der Waals surface area contributed by atoms with E-state index in [2.05, 4.69) is 22.9 Å². The molecule has 0 saturated carbocycles. The van der Waals surface area contributed by atoms with Crippen LogP contribution in [0.25, 0.3) is 0 Å². The molecule has 1 aliphatic rings. The second-order valence-corrected chi connectivity index (χ2v) is 3.32. The molecule has 0 radical (unpaired) electrons. The number of hydrogen-bond donors (Lipinski definition) is 0. The summed E-state index contributed by atoms with van der Waals surface area (Å²) in [7, 11) is 0. The number of rotatable bonds is 1. The molecule has 1 aromatic rings. The SMILES string of the molecule is CC.Cc1cncc(N2CCOCC2)c1. The molecule has 0 spiro atoms. The molecule has 15 heavy (non-hydrogen) atoms. The van der Waals surface area contributed by atoms with E-state index in [1.807, 2.05) is 26.2 Å². The number of aryl methyl sites for hydroxylation is 1. The number of nitrogens with zero attached hydrogens (tertiary/aromatic N) is 2. The number of morpholine rings is 1. The van der Waals surface area contributed by atoms with E-state index in [0.717, 1.165) is 26.3 Å². The summed E-state index contributed by atoms with van der Waals surface area (Å²) in [5.41, 5.74) is 2.42. The van der Waals surface area contributed by atoms with Crippen LogP contribution in [0.1, 0.15) is 19.4 Å². The molecule has 1 fully saturated rings. The Morgan fingerprint density at radius 1 is 1.20 bits per heavy atom. The zero-order valence-electron chi connectivity index (χ0n) is 9.86. The van der Waals surface area contributed by atoms with Crippen LogP contribution in [0, 0.1) is 6.92 Å². The van der Waals surface area contributed by atoms with E-state index < -0.39 is 0 Å². The fourth-order valence-electron chi connectivity index (χ4n) is 1.53. The fourth-order valence-corrected chi connectivity index (χ4v) is 1.53. The van der Waals surface area contributed by atoms with Crippen LogP contribution in [0.2, 0.25) is 0 Å². The van der Waals surface area contributed by atoms with E-state index in [4.69, 9.17) is 4.74 Å². The number of pyridine rings is 1. The van der Waals surface area contributed by atoms with Crippen LogP contribution in [-0.2, 0) is 4.74 Å². The fraction of sp³-hybridized carbons (Fsp3) is 0.583. The number of hydrogen-bond acceptors (Lipinski definition) is 3. The summed E-state index contributed by atoms with van der Waals surface area (Å²) >= 11 is 0. The Labute approximate surface area is 92.1 Å². The Balaban J connectivity index is 0.000000531. The zero-order valence-corrected chi connectivity index (χ0v) is 9.86. The third kappa shape index (κ3) is 3.51. The third-order valence-corrected chi connectivity index (χ3v) is 2.24. The zero-order chi connectivity index (χ0) is 11.1. The van der Waals surface area contributed by atoms with E-state index in [-0.39, 0.29) is 0 Å². The standard InChI is InChI=1S/C10H14N2O.C2H6/c1-9-6-10(8-11-7-9)12-2-4-13-5-3-12;1-2/h6-8H,2-5H2,1H3;1-2H3. The van der Waals surface area contributed by atoms with Crippen molar-refractivity contribution >= 4 is 5.69 Å². The van der Waals surface area contributed by atoms with Gasteiger partial charge in [0.25, 0.3) is 0 Å². The maximum absolute atomic E-state index is 5.29. The minimum atomic E-state index is 0.827. The molecule has 84 valence electrons. The Morgan fingerprint density at radius 3 is 2.47 bits per heavy atom. The summed E-state index contributed by atoms with van der Waals surface area (Å²) < 4.78 is 5.29. The first kappa shape index (κ1) is 12.0. The maximum atomic E-state index is 5.29. The molecular formula is C12H20N2O. The van der Waals surface area contributed by atoms with Crippen LogP contribution in [-0.4, -0.2) is 31.3 Å². The lowest BCUT2D eigenvalue weighted by Crippen LogP contribution is -2.36. The van der Waals surface area contributed by atoms with Crippen molar-refractivity contribution in [1.82, 2.24) is 4.98 Å². The van der Waals surface area contributed by atoms with Gasteiger partial charge in [0, 0.05) is 19.3 Å². The van der Waals surface area contributed by atoms with Crippen molar-refractivity contribution in [3.8, 4) is 0 Å². The molecule has 0 unspecified atom stereocenters. The predicted molar refractivity (Wildman–Crippen MR) is 63.4 cm³/mol. The summed E-state index contributed by atoms with van der Waals surface area (Å²) in [4.78, 5) is 6.49. The number of anilines is 1. The Morgan fingerprint density at radius 2 is 1.87 bits per heavy atom. The smallest absolute Gasteiger partial charge is 0.0642 e. The average molecular weight is 208 g/mol. The average Bonchev–Trinajstić information content (AvgIpc) is 2.33. The molecule has 3 nitrogen and oxygen atoms in total. The lowest BCUT2D eigenvalue weighted by atomic mass is 10.2. The first-order valence-electron chi connectivity index (χ1n) is 5.60. The molecule has 0 amide bonds. The summed E-state index contributed by atoms with van der Waals surface area (Å²) in [6.07, 6.45) is 3.79. The largest absolute Gasteiger partial charge is 0.378 e. The molecule has 0 bridgehead atoms. The molecule has 2 rings (SSSR count). The van der Waals surface area contributed by atoms with Crippen LogP contribution in [0.4, 0.5) is 5.69 Å². The van der Waals surface area contributed by atoms with Crippen molar-refractivity contribution in [3.63, 3.8) is 0 Å². The van der Waals surface area contributed by atoms with Crippen LogP contribution < -0.4 is 4.90 Å². The summed E-state index contributed by atoms with van der Waals surface area (Å²) in [5.74, 6) is 0. The molecule has 0 N–H and O–H groups in total. The van der Waals surface area contributed by atoms with E-state index in [1.54, 1.807) is 0 Å². The van der Waals surface area contributed by atoms with Gasteiger partial charge in [-0.15, -0.1) is 0 Å². The van der Waals surface area contributed by atoms with Crippen molar-refractivity contribution in [1.29, 1.82) is 0 Å². The van der Waals surface area contributed by atoms with E-state index in [9.17, 15) is 0 Å². The van der Waals surface area contributed by atoms with Crippen molar-refractivity contribution in [2.75, 3.05) is 31.2 Å². The van der Waals surface area contributed by atoms with Gasteiger partial charge in [0.2, 0.25) is 0 Å². The third-order valence-electron chi connectivity index (χ3n) is 2.24. The highest BCUT2D eigenvalue weighted by atomic mass is 16.5. The van der Waals surface area contributed by atoms with Gasteiger partial charge < -0.3 is 9.64 Å². The van der Waals surface area contributed by atoms with Gasteiger partial charge in [-0.25, -0.2) is 0 Å². The van der Waals surface area contributed by atoms with Gasteiger partial charge in [-0.1, -0.05) is 13.8 Å². The van der Waals surface area contributed by atoms with Gasteiger partial charge in [0.15, 0.2) is 0 Å². The van der Waals surface area contributed by atoms with Gasteiger partial charge in [-0.3, -0.25) is 4.98 Å². The Kier molecular flexibility index (Phi) is 5.12. The Hall–Kier alpha value is -1.09. The summed E-state index contributed by atoms with van der Waals surface area (Å²) in [6, 6.07) is 2.16. The van der Waals surface area contributed by atoms with Crippen LogP contribution in [0.3, 0.4) is 0 Å². The monoisotopic (exact) mass is 208 g/mol. The molecule has 1 saturated heterocycles. The number of ether oxygens (including phenoxy) is 1. The van der Waals surface area contributed by atoms with Crippen molar-refractivity contribution < 1.29 is 4.74 Å². The molecule has 0 aromatic carbocycles. The molecular weight excluding hydrogens is 188 g/mol. The van der Waals surface area contributed by atoms with Crippen molar-refractivity contribution in [2.45, 2.75) is 20.8 Å². The molecule has 0 atom stereocenters. The lowest BCUT2D eigenvalue weighted by molar-refractivity contribution is 0.122. The second-order valence-electron chi connectivity index (χ2n) is 3.32. The first-order chi connectivity index (χ1) is 7.36. The highest BCUT2D eigenvalue weighted by Crippen LogP contribution is 2.14. The minimum Gasteiger partial charge on any atom is -0.378 e. The highest BCUT2D eigenvalue weighted by Gasteiger charge is 2.10. The molecule has 1 aromatic heterocycles. The van der Waals surface area contributed by atoms with Gasteiger partial charge in [-0.2, -0.15) is 0 Å². The van der Waals surface area contributed by atoms with Crippen LogP contribution >= 0.6 is 0 Å². The van der Waals surface area contributed by atoms with Gasteiger partial charge in [0.1, 0.15) is 0 Å². The van der Waals surface area contributed by atoms with Gasteiger partial charge in [0.05, 0.1) is 25.1 Å². The van der Waals surface area contributed by atoms with Crippen molar-refractivity contribution in [2.24, 2.45) is 0 Å². The maximum Gasteiger partial charge on any atom is 0.0642 e. The van der Waals surface area contributed by atoms with Gasteiger partial charge in [-0.05, 0) is 18.6 Å². The molecule has 0 aliphatic carbocycles. The molecule has 3 heteroatoms. The predicted octanol–water partition coefficient (Wildman–Crippen LogP) is 2.25. The quantitative estimate of drug-likeness (QED) is 0.708. The summed E-state index contributed by atoms with van der Waals surface area (Å²) in [5, 5.41) is 0. The van der Waals surface area contributed by atoms with Gasteiger partial charge >= 0.3 is 0 Å².